The number of hydrogen-bond acceptors (Lipinski definition) is 0. The summed E-state index contributed by atoms with van der Waals surface area (Å²) in [6.45, 7) is 18.4. The minimum Gasteiger partial charge on any atom is -0.244 e. The minimum atomic E-state index is -0.959. The van der Waals surface area contributed by atoms with Gasteiger partial charge in [-0.05, 0) is 63.4 Å². The molecule has 0 aromatic rings. The third-order valence-corrected chi connectivity index (χ3v) is 5.08. The molecule has 19 heavy (non-hydrogen) atoms. The molecule has 0 aromatic heterocycles. The van der Waals surface area contributed by atoms with Gasteiger partial charge >= 0.3 is 0 Å². The fourth-order valence-electron chi connectivity index (χ4n) is 3.24. The number of rotatable bonds is 4. The predicted molar refractivity (Wildman–Crippen MR) is 83.0 cm³/mol. The molecule has 0 amide bonds. The van der Waals surface area contributed by atoms with Gasteiger partial charge < -0.3 is 0 Å². The van der Waals surface area contributed by atoms with Gasteiger partial charge in [-0.25, -0.2) is 4.39 Å². The van der Waals surface area contributed by atoms with Crippen molar-refractivity contribution >= 4 is 0 Å². The Morgan fingerprint density at radius 3 is 2.11 bits per heavy atom. The zero-order chi connectivity index (χ0) is 14.8. The first-order valence-corrected chi connectivity index (χ1v) is 7.30. The van der Waals surface area contributed by atoms with Crippen LogP contribution in [-0.4, -0.2) is 5.67 Å². The molecule has 1 heteroatoms. The summed E-state index contributed by atoms with van der Waals surface area (Å²) < 4.78 is 13.9. The smallest absolute Gasteiger partial charge is 0.108 e. The first kappa shape index (κ1) is 16.2. The van der Waals surface area contributed by atoms with Crippen molar-refractivity contribution in [1.29, 1.82) is 0 Å². The van der Waals surface area contributed by atoms with E-state index in [1.165, 1.54) is 11.1 Å². The Kier molecular flexibility index (Phi) is 4.81. The van der Waals surface area contributed by atoms with Gasteiger partial charge in [0.05, 0.1) is 0 Å². The molecule has 1 aliphatic carbocycles. The maximum absolute atomic E-state index is 13.9. The number of hydrogen-bond donors (Lipinski definition) is 0. The second-order valence-corrected chi connectivity index (χ2v) is 6.93. The second kappa shape index (κ2) is 5.64. The van der Waals surface area contributed by atoms with Crippen LogP contribution in [0.1, 0.15) is 60.3 Å². The zero-order valence-electron chi connectivity index (χ0n) is 13.3. The largest absolute Gasteiger partial charge is 0.244 e. The monoisotopic (exact) mass is 264 g/mol. The molecular formula is C18H29F. The molecule has 0 unspecified atom stereocenters. The van der Waals surface area contributed by atoms with Gasteiger partial charge in [-0.2, -0.15) is 0 Å². The van der Waals surface area contributed by atoms with E-state index in [0.717, 1.165) is 18.4 Å². The van der Waals surface area contributed by atoms with E-state index < -0.39 is 5.67 Å². The van der Waals surface area contributed by atoms with E-state index in [2.05, 4.69) is 33.9 Å². The maximum atomic E-state index is 13.9. The SMILES string of the molecule is C=C/C(C(=C)C)=C(/C)C(C)(C)C1CCC(C)(F)CC1. The molecule has 0 aromatic carbocycles. The molecule has 0 saturated heterocycles. The lowest BCUT2D eigenvalue weighted by Gasteiger charge is -2.42. The van der Waals surface area contributed by atoms with Gasteiger partial charge in [0.15, 0.2) is 0 Å². The molecule has 1 fully saturated rings. The van der Waals surface area contributed by atoms with Gasteiger partial charge in [-0.3, -0.25) is 0 Å². The van der Waals surface area contributed by atoms with Gasteiger partial charge in [0.2, 0.25) is 0 Å². The van der Waals surface area contributed by atoms with Gasteiger partial charge in [0.1, 0.15) is 5.67 Å². The molecule has 0 bridgehead atoms. The van der Waals surface area contributed by atoms with E-state index in [1.807, 2.05) is 13.0 Å². The fourth-order valence-corrected chi connectivity index (χ4v) is 3.24. The van der Waals surface area contributed by atoms with Crippen LogP contribution in [0, 0.1) is 11.3 Å². The molecule has 0 nitrogen and oxygen atoms in total. The molecule has 0 aliphatic heterocycles. The van der Waals surface area contributed by atoms with E-state index in [0.29, 0.717) is 18.8 Å². The van der Waals surface area contributed by atoms with Crippen molar-refractivity contribution < 1.29 is 4.39 Å². The molecule has 1 saturated carbocycles. The molecule has 108 valence electrons. The molecule has 0 atom stereocenters. The van der Waals surface area contributed by atoms with Gasteiger partial charge in [-0.1, -0.05) is 44.2 Å². The van der Waals surface area contributed by atoms with Crippen molar-refractivity contribution in [1.82, 2.24) is 0 Å². The summed E-state index contributed by atoms with van der Waals surface area (Å²) in [5.41, 5.74) is 2.69. The lowest BCUT2D eigenvalue weighted by Crippen LogP contribution is -2.34. The molecular weight excluding hydrogens is 235 g/mol. The topological polar surface area (TPSA) is 0 Å². The average Bonchev–Trinajstić information content (AvgIpc) is 2.28. The van der Waals surface area contributed by atoms with Crippen LogP contribution in [0.2, 0.25) is 0 Å². The quantitative estimate of drug-likeness (QED) is 0.545. The van der Waals surface area contributed by atoms with Crippen molar-refractivity contribution in [3.63, 3.8) is 0 Å². The molecule has 0 spiro atoms. The Balaban J connectivity index is 2.98. The first-order valence-electron chi connectivity index (χ1n) is 7.30. The highest BCUT2D eigenvalue weighted by atomic mass is 19.1. The Morgan fingerprint density at radius 1 is 1.26 bits per heavy atom. The number of alkyl halides is 1. The summed E-state index contributed by atoms with van der Waals surface area (Å²) in [5.74, 6) is 0.547. The Morgan fingerprint density at radius 2 is 1.74 bits per heavy atom. The highest BCUT2D eigenvalue weighted by molar-refractivity contribution is 5.41. The van der Waals surface area contributed by atoms with Gasteiger partial charge in [0.25, 0.3) is 0 Å². The average molecular weight is 264 g/mol. The van der Waals surface area contributed by atoms with Crippen molar-refractivity contribution in [3.8, 4) is 0 Å². The summed E-state index contributed by atoms with van der Waals surface area (Å²) in [7, 11) is 0. The molecule has 0 heterocycles. The standard InChI is InChI=1S/C18H29F/c1-8-16(13(2)3)14(4)17(5,6)15-9-11-18(7,19)12-10-15/h8,15H,1-2,9-12H2,3-7H3/b16-14+. The third-order valence-electron chi connectivity index (χ3n) is 5.08. The van der Waals surface area contributed by atoms with E-state index >= 15 is 0 Å². The van der Waals surface area contributed by atoms with Crippen molar-refractivity contribution in [2.24, 2.45) is 11.3 Å². The fraction of sp³-hybridized carbons (Fsp3) is 0.667. The third kappa shape index (κ3) is 3.58. The van der Waals surface area contributed by atoms with Crippen LogP contribution >= 0.6 is 0 Å². The van der Waals surface area contributed by atoms with Crippen LogP contribution in [0.5, 0.6) is 0 Å². The van der Waals surface area contributed by atoms with Crippen LogP contribution in [0.3, 0.4) is 0 Å². The van der Waals surface area contributed by atoms with E-state index in [1.54, 1.807) is 6.92 Å². The van der Waals surface area contributed by atoms with Crippen LogP contribution < -0.4 is 0 Å². The summed E-state index contributed by atoms with van der Waals surface area (Å²) in [6.07, 6.45) is 5.22. The first-order chi connectivity index (χ1) is 8.62. The highest BCUT2D eigenvalue weighted by Crippen LogP contribution is 2.47. The van der Waals surface area contributed by atoms with Crippen molar-refractivity contribution in [2.75, 3.05) is 0 Å². The summed E-state index contributed by atoms with van der Waals surface area (Å²) >= 11 is 0. The predicted octanol–water partition coefficient (Wildman–Crippen LogP) is 6.01. The van der Waals surface area contributed by atoms with E-state index in [9.17, 15) is 4.39 Å². The Labute approximate surface area is 118 Å². The van der Waals surface area contributed by atoms with Crippen LogP contribution in [0.4, 0.5) is 4.39 Å². The van der Waals surface area contributed by atoms with Crippen LogP contribution in [-0.2, 0) is 0 Å². The Bertz CT molecular complexity index is 386. The van der Waals surface area contributed by atoms with Gasteiger partial charge in [-0.15, -0.1) is 0 Å². The summed E-state index contributed by atoms with van der Waals surface area (Å²) in [4.78, 5) is 0. The second-order valence-electron chi connectivity index (χ2n) is 6.93. The number of allylic oxidation sites excluding steroid dienone is 4. The maximum Gasteiger partial charge on any atom is 0.108 e. The van der Waals surface area contributed by atoms with Crippen LogP contribution in [0.15, 0.2) is 36.0 Å². The van der Waals surface area contributed by atoms with E-state index in [4.69, 9.17) is 0 Å². The Hall–Kier alpha value is -0.850. The molecule has 0 N–H and O–H groups in total. The lowest BCUT2D eigenvalue weighted by atomic mass is 9.64. The molecule has 1 aliphatic rings. The zero-order valence-corrected chi connectivity index (χ0v) is 13.3. The highest BCUT2D eigenvalue weighted by Gasteiger charge is 2.39. The summed E-state index contributed by atoms with van der Waals surface area (Å²) in [5, 5.41) is 0. The molecule has 0 radical (unpaired) electrons. The number of halogens is 1. The van der Waals surface area contributed by atoms with Crippen LogP contribution in [0.25, 0.3) is 0 Å². The van der Waals surface area contributed by atoms with Crippen molar-refractivity contribution in [3.05, 3.63) is 36.0 Å². The van der Waals surface area contributed by atoms with E-state index in [-0.39, 0.29) is 5.41 Å². The lowest BCUT2D eigenvalue weighted by molar-refractivity contribution is 0.0690. The normalized spacial score (nSPS) is 29.7. The summed E-state index contributed by atoms with van der Waals surface area (Å²) in [6, 6.07) is 0. The molecule has 1 rings (SSSR count). The van der Waals surface area contributed by atoms with Crippen molar-refractivity contribution in [2.45, 2.75) is 66.0 Å². The van der Waals surface area contributed by atoms with Gasteiger partial charge in [0, 0.05) is 0 Å². The minimum absolute atomic E-state index is 0.0823.